The van der Waals surface area contributed by atoms with Crippen LogP contribution in [0.4, 0.5) is 5.69 Å². The molecule has 3 aromatic rings. The van der Waals surface area contributed by atoms with Crippen molar-refractivity contribution in [3.63, 3.8) is 0 Å². The molecule has 1 fully saturated rings. The minimum absolute atomic E-state index is 0.204. The zero-order valence-electron chi connectivity index (χ0n) is 16.0. The predicted molar refractivity (Wildman–Crippen MR) is 111 cm³/mol. The second-order valence-electron chi connectivity index (χ2n) is 6.83. The molecule has 0 unspecified atom stereocenters. The van der Waals surface area contributed by atoms with E-state index in [1.165, 1.54) is 28.6 Å². The predicted octanol–water partition coefficient (Wildman–Crippen LogP) is 3.28. The van der Waals surface area contributed by atoms with Gasteiger partial charge < -0.3 is 10.1 Å². The monoisotopic (exact) mass is 411 g/mol. The molecular weight excluding hydrogens is 390 g/mol. The van der Waals surface area contributed by atoms with Gasteiger partial charge in [0.15, 0.2) is 0 Å². The summed E-state index contributed by atoms with van der Waals surface area (Å²) in [6.07, 6.45) is 3.38. The number of nitrogens with one attached hydrogen (secondary N) is 1. The highest BCUT2D eigenvalue weighted by atomic mass is 32.2. The maximum Gasteiger partial charge on any atom is 0.255 e. The first kappa shape index (κ1) is 19.4. The van der Waals surface area contributed by atoms with E-state index in [0.29, 0.717) is 30.1 Å². The van der Waals surface area contributed by atoms with E-state index in [0.717, 1.165) is 23.7 Å². The number of carbonyl (C=O) groups excluding carboxylic acids is 1. The first-order valence-electron chi connectivity index (χ1n) is 9.33. The second kappa shape index (κ2) is 7.81. The Balaban J connectivity index is 1.57. The minimum Gasteiger partial charge on any atom is -0.497 e. The van der Waals surface area contributed by atoms with Crippen molar-refractivity contribution in [1.82, 2.24) is 9.29 Å². The van der Waals surface area contributed by atoms with Gasteiger partial charge in [-0.2, -0.15) is 4.31 Å². The van der Waals surface area contributed by atoms with Crippen LogP contribution in [0.1, 0.15) is 23.2 Å². The van der Waals surface area contributed by atoms with Crippen molar-refractivity contribution in [2.75, 3.05) is 25.5 Å². The third-order valence-electron chi connectivity index (χ3n) is 5.02. The van der Waals surface area contributed by atoms with E-state index in [1.807, 2.05) is 12.1 Å². The lowest BCUT2D eigenvalue weighted by molar-refractivity contribution is 0.102. The van der Waals surface area contributed by atoms with Crippen LogP contribution in [-0.2, 0) is 10.0 Å². The van der Waals surface area contributed by atoms with Gasteiger partial charge in [0.05, 0.1) is 23.2 Å². The Labute approximate surface area is 169 Å². The Morgan fingerprint density at radius 1 is 1.07 bits per heavy atom. The topological polar surface area (TPSA) is 88.6 Å². The summed E-state index contributed by atoms with van der Waals surface area (Å²) < 4.78 is 32.0. The van der Waals surface area contributed by atoms with Gasteiger partial charge in [-0.05, 0) is 61.4 Å². The fourth-order valence-electron chi connectivity index (χ4n) is 3.41. The van der Waals surface area contributed by atoms with Crippen LogP contribution < -0.4 is 10.1 Å². The third kappa shape index (κ3) is 3.81. The van der Waals surface area contributed by atoms with Gasteiger partial charge in [-0.25, -0.2) is 8.42 Å². The van der Waals surface area contributed by atoms with Crippen molar-refractivity contribution in [2.45, 2.75) is 17.7 Å². The molecule has 0 spiro atoms. The number of carbonyl (C=O) groups is 1. The molecule has 0 saturated carbocycles. The quantitative estimate of drug-likeness (QED) is 0.696. The summed E-state index contributed by atoms with van der Waals surface area (Å²) in [6.45, 7) is 1.09. The van der Waals surface area contributed by atoms with Crippen LogP contribution in [0.25, 0.3) is 10.9 Å². The SMILES string of the molecule is COc1ccc2nccc(NC(=O)c3ccc(S(=O)(=O)N4CCCC4)cc3)c2c1. The average Bonchev–Trinajstić information content (AvgIpc) is 3.29. The number of ether oxygens (including phenoxy) is 1. The summed E-state index contributed by atoms with van der Waals surface area (Å²) in [5, 5.41) is 3.63. The molecule has 0 radical (unpaired) electrons. The summed E-state index contributed by atoms with van der Waals surface area (Å²) in [5.41, 5.74) is 1.71. The van der Waals surface area contributed by atoms with E-state index in [4.69, 9.17) is 4.74 Å². The largest absolute Gasteiger partial charge is 0.497 e. The van der Waals surface area contributed by atoms with Crippen LogP contribution in [0.3, 0.4) is 0 Å². The van der Waals surface area contributed by atoms with Crippen LogP contribution in [0.15, 0.2) is 59.6 Å². The number of rotatable bonds is 5. The molecule has 1 saturated heterocycles. The Morgan fingerprint density at radius 3 is 2.48 bits per heavy atom. The number of amides is 1. The summed E-state index contributed by atoms with van der Waals surface area (Å²) in [7, 11) is -1.92. The number of sulfonamides is 1. The van der Waals surface area contributed by atoms with Crippen molar-refractivity contribution in [3.05, 3.63) is 60.3 Å². The van der Waals surface area contributed by atoms with Crippen molar-refractivity contribution in [1.29, 1.82) is 0 Å². The fraction of sp³-hybridized carbons (Fsp3) is 0.238. The van der Waals surface area contributed by atoms with Crippen LogP contribution in [0, 0.1) is 0 Å². The van der Waals surface area contributed by atoms with Gasteiger partial charge in [0.25, 0.3) is 5.91 Å². The summed E-state index contributed by atoms with van der Waals surface area (Å²) in [4.78, 5) is 17.2. The van der Waals surface area contributed by atoms with E-state index >= 15 is 0 Å². The smallest absolute Gasteiger partial charge is 0.255 e. The molecule has 0 bridgehead atoms. The van der Waals surface area contributed by atoms with Gasteiger partial charge in [0.2, 0.25) is 10.0 Å². The van der Waals surface area contributed by atoms with Crippen molar-refractivity contribution in [3.8, 4) is 5.75 Å². The molecule has 8 heteroatoms. The average molecular weight is 411 g/mol. The van der Waals surface area contributed by atoms with E-state index in [2.05, 4.69) is 10.3 Å². The lowest BCUT2D eigenvalue weighted by atomic mass is 10.1. The van der Waals surface area contributed by atoms with Crippen molar-refractivity contribution >= 4 is 32.5 Å². The number of anilines is 1. The number of methoxy groups -OCH3 is 1. The maximum atomic E-state index is 12.7. The molecule has 0 atom stereocenters. The van der Waals surface area contributed by atoms with E-state index < -0.39 is 10.0 Å². The first-order chi connectivity index (χ1) is 14.0. The molecule has 4 rings (SSSR count). The Hall–Kier alpha value is -2.97. The van der Waals surface area contributed by atoms with Crippen LogP contribution in [0.5, 0.6) is 5.75 Å². The summed E-state index contributed by atoms with van der Waals surface area (Å²) >= 11 is 0. The van der Waals surface area contributed by atoms with Crippen molar-refractivity contribution in [2.24, 2.45) is 0 Å². The zero-order chi connectivity index (χ0) is 20.4. The second-order valence-corrected chi connectivity index (χ2v) is 8.77. The molecule has 1 aromatic heterocycles. The van der Waals surface area contributed by atoms with Gasteiger partial charge in [-0.15, -0.1) is 0 Å². The summed E-state index contributed by atoms with van der Waals surface area (Å²) in [6, 6.07) is 13.2. The fourth-order valence-corrected chi connectivity index (χ4v) is 4.93. The highest BCUT2D eigenvalue weighted by Gasteiger charge is 2.27. The molecular formula is C21H21N3O4S. The number of aromatic nitrogens is 1. The third-order valence-corrected chi connectivity index (χ3v) is 6.93. The first-order valence-corrected chi connectivity index (χ1v) is 10.8. The van der Waals surface area contributed by atoms with E-state index in [1.54, 1.807) is 25.4 Å². The number of benzene rings is 2. The molecule has 7 nitrogen and oxygen atoms in total. The molecule has 1 amide bonds. The highest BCUT2D eigenvalue weighted by molar-refractivity contribution is 7.89. The Bertz CT molecular complexity index is 1150. The standard InChI is InChI=1S/C21H21N3O4S/c1-28-16-6-9-19-18(14-16)20(10-11-22-19)23-21(25)15-4-7-17(8-5-15)29(26,27)24-12-2-3-13-24/h4-11,14H,2-3,12-13H2,1H3,(H,22,23,25). The van der Waals surface area contributed by atoms with Crippen molar-refractivity contribution < 1.29 is 17.9 Å². The van der Waals surface area contributed by atoms with Gasteiger partial charge in [0.1, 0.15) is 5.75 Å². The number of nitrogens with zero attached hydrogens (tertiary/aromatic N) is 2. The highest BCUT2D eigenvalue weighted by Crippen LogP contribution is 2.27. The minimum atomic E-state index is -3.50. The Morgan fingerprint density at radius 2 is 1.79 bits per heavy atom. The van der Waals surface area contributed by atoms with Crippen LogP contribution in [0.2, 0.25) is 0 Å². The number of hydrogen-bond acceptors (Lipinski definition) is 5. The maximum absolute atomic E-state index is 12.7. The molecule has 1 aliphatic rings. The van der Waals surface area contributed by atoms with Gasteiger partial charge >= 0.3 is 0 Å². The number of hydrogen-bond donors (Lipinski definition) is 1. The molecule has 1 aliphatic heterocycles. The van der Waals surface area contributed by atoms with Crippen LogP contribution >= 0.6 is 0 Å². The Kier molecular flexibility index (Phi) is 5.21. The molecule has 2 heterocycles. The molecule has 0 aliphatic carbocycles. The number of fused-ring (bicyclic) bond motifs is 1. The molecule has 150 valence electrons. The van der Waals surface area contributed by atoms with Gasteiger partial charge in [-0.1, -0.05) is 0 Å². The molecule has 29 heavy (non-hydrogen) atoms. The number of pyridine rings is 1. The van der Waals surface area contributed by atoms with Crippen LogP contribution in [-0.4, -0.2) is 43.8 Å². The van der Waals surface area contributed by atoms with Gasteiger partial charge in [-0.3, -0.25) is 9.78 Å². The van der Waals surface area contributed by atoms with Gasteiger partial charge in [0, 0.05) is 30.2 Å². The lowest BCUT2D eigenvalue weighted by Gasteiger charge is -2.15. The molecule has 2 aromatic carbocycles. The summed E-state index contributed by atoms with van der Waals surface area (Å²) in [5.74, 6) is 0.336. The normalized spacial score (nSPS) is 14.8. The van der Waals surface area contributed by atoms with E-state index in [-0.39, 0.29) is 10.8 Å². The lowest BCUT2D eigenvalue weighted by Crippen LogP contribution is -2.27. The molecule has 1 N–H and O–H groups in total. The van der Waals surface area contributed by atoms with E-state index in [9.17, 15) is 13.2 Å². The zero-order valence-corrected chi connectivity index (χ0v) is 16.8.